The molecule has 0 aliphatic heterocycles. The standard InChI is InChI=1S/C16H18N2O3S/c1-10-14(16(20)21)22-15(18-10)11(2)17-13(19)9-8-12-6-4-3-5-7-12/h3-7,11H,8-9H2,1-2H3,(H,17,19)(H,20,21)/t11-/m1/s1. The van der Waals surface area contributed by atoms with E-state index in [0.717, 1.165) is 16.9 Å². The van der Waals surface area contributed by atoms with Gasteiger partial charge >= 0.3 is 5.97 Å². The van der Waals surface area contributed by atoms with Gasteiger partial charge in [-0.25, -0.2) is 9.78 Å². The second-order valence-corrected chi connectivity index (χ2v) is 6.08. The quantitative estimate of drug-likeness (QED) is 0.858. The molecule has 1 atom stereocenters. The lowest BCUT2D eigenvalue weighted by Gasteiger charge is -2.11. The number of aromatic carboxylic acids is 1. The van der Waals surface area contributed by atoms with Gasteiger partial charge in [0.05, 0.1) is 11.7 Å². The molecule has 1 heterocycles. The Kier molecular flexibility index (Phi) is 5.27. The summed E-state index contributed by atoms with van der Waals surface area (Å²) >= 11 is 1.11. The first kappa shape index (κ1) is 16.2. The van der Waals surface area contributed by atoms with Crippen LogP contribution in [0.5, 0.6) is 0 Å². The van der Waals surface area contributed by atoms with Gasteiger partial charge in [0.2, 0.25) is 5.91 Å². The highest BCUT2D eigenvalue weighted by Gasteiger charge is 2.19. The van der Waals surface area contributed by atoms with Crippen molar-refractivity contribution in [2.45, 2.75) is 32.7 Å². The first-order chi connectivity index (χ1) is 10.5. The highest BCUT2D eigenvalue weighted by Crippen LogP contribution is 2.23. The summed E-state index contributed by atoms with van der Waals surface area (Å²) in [5, 5.41) is 12.5. The fourth-order valence-electron chi connectivity index (χ4n) is 2.08. The Morgan fingerprint density at radius 1 is 1.32 bits per heavy atom. The van der Waals surface area contributed by atoms with E-state index in [1.807, 2.05) is 37.3 Å². The van der Waals surface area contributed by atoms with Crippen LogP contribution in [0.15, 0.2) is 30.3 Å². The summed E-state index contributed by atoms with van der Waals surface area (Å²) in [5.74, 6) is -1.05. The molecule has 0 saturated carbocycles. The van der Waals surface area contributed by atoms with Crippen molar-refractivity contribution < 1.29 is 14.7 Å². The summed E-state index contributed by atoms with van der Waals surface area (Å²) in [6.45, 7) is 3.47. The van der Waals surface area contributed by atoms with Crippen LogP contribution in [0.3, 0.4) is 0 Å². The molecule has 2 N–H and O–H groups in total. The van der Waals surface area contributed by atoms with Gasteiger partial charge in [-0.2, -0.15) is 0 Å². The number of aryl methyl sites for hydroxylation is 2. The molecule has 0 radical (unpaired) electrons. The number of benzene rings is 1. The molecule has 1 aromatic heterocycles. The maximum absolute atomic E-state index is 12.0. The Morgan fingerprint density at radius 2 is 2.00 bits per heavy atom. The van der Waals surface area contributed by atoms with Crippen molar-refractivity contribution in [1.82, 2.24) is 10.3 Å². The molecule has 0 aliphatic rings. The molecular formula is C16H18N2O3S. The van der Waals surface area contributed by atoms with Crippen molar-refractivity contribution in [3.05, 3.63) is 51.5 Å². The third kappa shape index (κ3) is 4.14. The van der Waals surface area contributed by atoms with Crippen LogP contribution in [0.1, 0.15) is 45.3 Å². The molecule has 1 aromatic carbocycles. The van der Waals surface area contributed by atoms with Gasteiger partial charge in [-0.05, 0) is 25.8 Å². The SMILES string of the molecule is Cc1nc([C@@H](C)NC(=O)CCc2ccccc2)sc1C(=O)O. The van der Waals surface area contributed by atoms with Crippen molar-refractivity contribution in [3.63, 3.8) is 0 Å². The lowest BCUT2D eigenvalue weighted by Crippen LogP contribution is -2.26. The molecule has 116 valence electrons. The topological polar surface area (TPSA) is 79.3 Å². The van der Waals surface area contributed by atoms with E-state index in [1.165, 1.54) is 0 Å². The Hall–Kier alpha value is -2.21. The number of amides is 1. The molecule has 0 saturated heterocycles. The maximum atomic E-state index is 12.0. The van der Waals surface area contributed by atoms with E-state index >= 15 is 0 Å². The average Bonchev–Trinajstić information content (AvgIpc) is 2.88. The van der Waals surface area contributed by atoms with Gasteiger partial charge in [0.15, 0.2) is 0 Å². The molecule has 0 fully saturated rings. The molecule has 0 bridgehead atoms. The van der Waals surface area contributed by atoms with E-state index in [0.29, 0.717) is 23.5 Å². The van der Waals surface area contributed by atoms with Crippen LogP contribution in [-0.4, -0.2) is 22.0 Å². The lowest BCUT2D eigenvalue weighted by molar-refractivity contribution is -0.121. The van der Waals surface area contributed by atoms with Crippen LogP contribution in [0.2, 0.25) is 0 Å². The van der Waals surface area contributed by atoms with Gasteiger partial charge in [0, 0.05) is 6.42 Å². The van der Waals surface area contributed by atoms with Gasteiger partial charge in [-0.1, -0.05) is 30.3 Å². The zero-order valence-electron chi connectivity index (χ0n) is 12.5. The number of rotatable bonds is 6. The van der Waals surface area contributed by atoms with Crippen molar-refractivity contribution in [2.75, 3.05) is 0 Å². The molecule has 0 aliphatic carbocycles. The zero-order valence-corrected chi connectivity index (χ0v) is 13.3. The molecule has 22 heavy (non-hydrogen) atoms. The van der Waals surface area contributed by atoms with Crippen LogP contribution < -0.4 is 5.32 Å². The first-order valence-corrected chi connectivity index (χ1v) is 7.83. The van der Waals surface area contributed by atoms with E-state index in [2.05, 4.69) is 10.3 Å². The summed E-state index contributed by atoms with van der Waals surface area (Å²) in [7, 11) is 0. The molecule has 6 heteroatoms. The fourth-order valence-corrected chi connectivity index (χ4v) is 2.99. The number of aromatic nitrogens is 1. The van der Waals surface area contributed by atoms with E-state index in [-0.39, 0.29) is 16.8 Å². The van der Waals surface area contributed by atoms with Gasteiger partial charge in [0.1, 0.15) is 9.88 Å². The average molecular weight is 318 g/mol. The summed E-state index contributed by atoms with van der Waals surface area (Å²) in [6.07, 6.45) is 1.07. The van der Waals surface area contributed by atoms with Crippen LogP contribution in [-0.2, 0) is 11.2 Å². The van der Waals surface area contributed by atoms with Crippen LogP contribution in [0.4, 0.5) is 0 Å². The largest absolute Gasteiger partial charge is 0.477 e. The number of nitrogens with zero attached hydrogens (tertiary/aromatic N) is 1. The first-order valence-electron chi connectivity index (χ1n) is 7.01. The Labute approximate surface area is 133 Å². The minimum atomic E-state index is -0.983. The van der Waals surface area contributed by atoms with E-state index in [9.17, 15) is 9.59 Å². The molecule has 0 spiro atoms. The van der Waals surface area contributed by atoms with Crippen molar-refractivity contribution >= 4 is 23.2 Å². The Bertz CT molecular complexity index is 667. The fraction of sp³-hybridized carbons (Fsp3) is 0.312. The van der Waals surface area contributed by atoms with Crippen LogP contribution in [0.25, 0.3) is 0 Å². The second kappa shape index (κ2) is 7.17. The van der Waals surface area contributed by atoms with E-state index < -0.39 is 5.97 Å². The zero-order chi connectivity index (χ0) is 16.1. The number of carbonyl (C=O) groups excluding carboxylic acids is 1. The van der Waals surface area contributed by atoms with Crippen LogP contribution in [0, 0.1) is 6.92 Å². The molecule has 2 rings (SSSR count). The van der Waals surface area contributed by atoms with Gasteiger partial charge in [-0.15, -0.1) is 11.3 Å². The van der Waals surface area contributed by atoms with Crippen LogP contribution >= 0.6 is 11.3 Å². The molecular weight excluding hydrogens is 300 g/mol. The van der Waals surface area contributed by atoms with Crippen molar-refractivity contribution in [3.8, 4) is 0 Å². The minimum absolute atomic E-state index is 0.0684. The number of hydrogen-bond donors (Lipinski definition) is 2. The predicted octanol–water partition coefficient (Wildman–Crippen LogP) is 2.96. The molecule has 0 unspecified atom stereocenters. The number of nitrogens with one attached hydrogen (secondary N) is 1. The van der Waals surface area contributed by atoms with E-state index in [1.54, 1.807) is 6.92 Å². The van der Waals surface area contributed by atoms with Gasteiger partial charge in [0.25, 0.3) is 0 Å². The normalized spacial score (nSPS) is 11.9. The summed E-state index contributed by atoms with van der Waals surface area (Å²) < 4.78 is 0. The molecule has 2 aromatic rings. The van der Waals surface area contributed by atoms with Gasteiger partial charge < -0.3 is 10.4 Å². The smallest absolute Gasteiger partial charge is 0.347 e. The third-order valence-corrected chi connectivity index (χ3v) is 4.57. The predicted molar refractivity (Wildman–Crippen MR) is 85.1 cm³/mol. The summed E-state index contributed by atoms with van der Waals surface area (Å²) in [6, 6.07) is 9.51. The van der Waals surface area contributed by atoms with Crippen molar-refractivity contribution in [2.24, 2.45) is 0 Å². The number of carboxylic acid groups (broad SMARTS) is 1. The number of carbonyl (C=O) groups is 2. The highest BCUT2D eigenvalue weighted by molar-refractivity contribution is 7.13. The highest BCUT2D eigenvalue weighted by atomic mass is 32.1. The lowest BCUT2D eigenvalue weighted by atomic mass is 10.1. The van der Waals surface area contributed by atoms with Crippen molar-refractivity contribution in [1.29, 1.82) is 0 Å². The number of hydrogen-bond acceptors (Lipinski definition) is 4. The van der Waals surface area contributed by atoms with E-state index in [4.69, 9.17) is 5.11 Å². The monoisotopic (exact) mass is 318 g/mol. The Balaban J connectivity index is 1.91. The second-order valence-electron chi connectivity index (χ2n) is 5.05. The minimum Gasteiger partial charge on any atom is -0.477 e. The maximum Gasteiger partial charge on any atom is 0.347 e. The summed E-state index contributed by atoms with van der Waals surface area (Å²) in [4.78, 5) is 27.4. The molecule has 1 amide bonds. The third-order valence-electron chi connectivity index (χ3n) is 3.24. The van der Waals surface area contributed by atoms with Gasteiger partial charge in [-0.3, -0.25) is 4.79 Å². The molecule has 5 nitrogen and oxygen atoms in total. The Morgan fingerprint density at radius 3 is 2.59 bits per heavy atom. The number of carboxylic acids is 1. The summed E-state index contributed by atoms with van der Waals surface area (Å²) in [5.41, 5.74) is 1.60. The number of thiazole rings is 1.